The van der Waals surface area contributed by atoms with Crippen molar-refractivity contribution in [3.63, 3.8) is 0 Å². The van der Waals surface area contributed by atoms with E-state index in [9.17, 15) is 9.59 Å². The normalized spacial score (nSPS) is 13.3. The van der Waals surface area contributed by atoms with Gasteiger partial charge >= 0.3 is 6.09 Å². The van der Waals surface area contributed by atoms with Gasteiger partial charge in [0.1, 0.15) is 18.4 Å². The van der Waals surface area contributed by atoms with Gasteiger partial charge in [0.2, 0.25) is 5.91 Å². The number of amides is 2. The first-order chi connectivity index (χ1) is 11.7. The first-order valence-electron chi connectivity index (χ1n) is 8.66. The Morgan fingerprint density at radius 1 is 1.08 bits per heavy atom. The largest absolute Gasteiger partial charge is 0.491 e. The first kappa shape index (κ1) is 20.8. The highest BCUT2D eigenvalue weighted by molar-refractivity contribution is 5.86. The van der Waals surface area contributed by atoms with E-state index in [-0.39, 0.29) is 24.0 Å². The molecule has 2 amide bonds. The van der Waals surface area contributed by atoms with Crippen molar-refractivity contribution in [3.8, 4) is 5.75 Å². The standard InChI is InChI=1S/C19H30N2O4/c1-12(2)17(21-19(23)25-13(3)4)18(22)20-15(6)11-24-16-9-7-8-14(5)10-16/h7-10,12-13,15,17H,11H2,1-6H3,(H,20,22)(H,21,23). The van der Waals surface area contributed by atoms with Gasteiger partial charge < -0.3 is 20.1 Å². The number of ether oxygens (including phenoxy) is 2. The van der Waals surface area contributed by atoms with E-state index in [0.717, 1.165) is 11.3 Å². The molecular weight excluding hydrogens is 320 g/mol. The quantitative estimate of drug-likeness (QED) is 0.755. The summed E-state index contributed by atoms with van der Waals surface area (Å²) >= 11 is 0. The second-order valence-electron chi connectivity index (χ2n) is 6.86. The van der Waals surface area contributed by atoms with E-state index in [2.05, 4.69) is 10.6 Å². The van der Waals surface area contributed by atoms with Crippen LogP contribution in [0.3, 0.4) is 0 Å². The zero-order valence-corrected chi connectivity index (χ0v) is 16.0. The molecule has 2 atom stereocenters. The molecule has 0 saturated heterocycles. The lowest BCUT2D eigenvalue weighted by Gasteiger charge is -2.24. The van der Waals surface area contributed by atoms with E-state index in [0.29, 0.717) is 6.61 Å². The van der Waals surface area contributed by atoms with E-state index >= 15 is 0 Å². The predicted molar refractivity (Wildman–Crippen MR) is 97.7 cm³/mol. The lowest BCUT2D eigenvalue weighted by Crippen LogP contribution is -2.52. The summed E-state index contributed by atoms with van der Waals surface area (Å²) in [6.07, 6.45) is -0.829. The van der Waals surface area contributed by atoms with Gasteiger partial charge in [0, 0.05) is 0 Å². The number of nitrogens with one attached hydrogen (secondary N) is 2. The second kappa shape index (κ2) is 9.91. The predicted octanol–water partition coefficient (Wildman–Crippen LogP) is 3.04. The number of rotatable bonds is 8. The molecule has 2 unspecified atom stereocenters. The Hall–Kier alpha value is -2.24. The number of hydrogen-bond donors (Lipinski definition) is 2. The molecule has 6 nitrogen and oxygen atoms in total. The van der Waals surface area contributed by atoms with Crippen molar-refractivity contribution in [2.75, 3.05) is 6.61 Å². The molecule has 0 aliphatic carbocycles. The van der Waals surface area contributed by atoms with Gasteiger partial charge in [0.05, 0.1) is 12.1 Å². The summed E-state index contributed by atoms with van der Waals surface area (Å²) in [6.45, 7) is 11.5. The smallest absolute Gasteiger partial charge is 0.408 e. The zero-order chi connectivity index (χ0) is 19.0. The van der Waals surface area contributed by atoms with Gasteiger partial charge in [-0.3, -0.25) is 4.79 Å². The van der Waals surface area contributed by atoms with Crippen molar-refractivity contribution in [1.29, 1.82) is 0 Å². The van der Waals surface area contributed by atoms with Crippen molar-refractivity contribution in [2.24, 2.45) is 5.92 Å². The van der Waals surface area contributed by atoms with Gasteiger partial charge in [-0.15, -0.1) is 0 Å². The van der Waals surface area contributed by atoms with Crippen molar-refractivity contribution in [2.45, 2.75) is 59.7 Å². The lowest BCUT2D eigenvalue weighted by atomic mass is 10.0. The molecule has 25 heavy (non-hydrogen) atoms. The van der Waals surface area contributed by atoms with Gasteiger partial charge in [-0.1, -0.05) is 26.0 Å². The van der Waals surface area contributed by atoms with Crippen LogP contribution in [0.5, 0.6) is 5.75 Å². The number of aryl methyl sites for hydroxylation is 1. The molecule has 0 heterocycles. The van der Waals surface area contributed by atoms with Crippen LogP contribution in [0.25, 0.3) is 0 Å². The molecule has 0 radical (unpaired) electrons. The summed E-state index contributed by atoms with van der Waals surface area (Å²) in [5.41, 5.74) is 1.11. The maximum Gasteiger partial charge on any atom is 0.408 e. The Morgan fingerprint density at radius 3 is 2.32 bits per heavy atom. The summed E-state index contributed by atoms with van der Waals surface area (Å²) in [6, 6.07) is 6.88. The average Bonchev–Trinajstić information content (AvgIpc) is 2.49. The Bertz CT molecular complexity index is 572. The minimum atomic E-state index is -0.660. The Kier molecular flexibility index (Phi) is 8.25. The number of alkyl carbamates (subject to hydrolysis) is 1. The fraction of sp³-hybridized carbons (Fsp3) is 0.579. The third-order valence-electron chi connectivity index (χ3n) is 3.44. The fourth-order valence-electron chi connectivity index (χ4n) is 2.21. The average molecular weight is 350 g/mol. The number of carbonyl (C=O) groups excluding carboxylic acids is 2. The van der Waals surface area contributed by atoms with Crippen molar-refractivity contribution in [3.05, 3.63) is 29.8 Å². The van der Waals surface area contributed by atoms with Crippen molar-refractivity contribution in [1.82, 2.24) is 10.6 Å². The fourth-order valence-corrected chi connectivity index (χ4v) is 2.21. The summed E-state index contributed by atoms with van der Waals surface area (Å²) in [4.78, 5) is 24.2. The van der Waals surface area contributed by atoms with Gasteiger partial charge in [-0.25, -0.2) is 4.79 Å². The van der Waals surface area contributed by atoms with Crippen molar-refractivity contribution < 1.29 is 19.1 Å². The molecule has 0 aromatic heterocycles. The van der Waals surface area contributed by atoms with Crippen LogP contribution in [0, 0.1) is 12.8 Å². The number of carbonyl (C=O) groups is 2. The molecule has 0 spiro atoms. The monoisotopic (exact) mass is 350 g/mol. The van der Waals surface area contributed by atoms with E-state index < -0.39 is 12.1 Å². The summed E-state index contributed by atoms with van der Waals surface area (Å²) in [5.74, 6) is 0.445. The van der Waals surface area contributed by atoms with Crippen LogP contribution in [0.2, 0.25) is 0 Å². The van der Waals surface area contributed by atoms with Crippen LogP contribution in [-0.4, -0.2) is 36.8 Å². The Balaban J connectivity index is 2.53. The van der Waals surface area contributed by atoms with Gasteiger partial charge in [-0.05, 0) is 51.3 Å². The van der Waals surface area contributed by atoms with Crippen LogP contribution in [0.15, 0.2) is 24.3 Å². The van der Waals surface area contributed by atoms with Crippen LogP contribution in [0.1, 0.15) is 40.2 Å². The maximum atomic E-state index is 12.4. The molecule has 140 valence electrons. The Morgan fingerprint density at radius 2 is 1.76 bits per heavy atom. The van der Waals surface area contributed by atoms with E-state index in [4.69, 9.17) is 9.47 Å². The SMILES string of the molecule is Cc1cccc(OCC(C)NC(=O)C(NC(=O)OC(C)C)C(C)C)c1. The summed E-state index contributed by atoms with van der Waals surface area (Å²) < 4.78 is 10.7. The zero-order valence-electron chi connectivity index (χ0n) is 16.0. The molecule has 1 aromatic rings. The highest BCUT2D eigenvalue weighted by Crippen LogP contribution is 2.12. The second-order valence-corrected chi connectivity index (χ2v) is 6.86. The van der Waals surface area contributed by atoms with E-state index in [1.807, 2.05) is 52.0 Å². The molecule has 6 heteroatoms. The molecule has 2 N–H and O–H groups in total. The van der Waals surface area contributed by atoms with E-state index in [1.54, 1.807) is 13.8 Å². The van der Waals surface area contributed by atoms with Crippen molar-refractivity contribution >= 4 is 12.0 Å². The summed E-state index contributed by atoms with van der Waals surface area (Å²) in [5, 5.41) is 5.49. The summed E-state index contributed by atoms with van der Waals surface area (Å²) in [7, 11) is 0. The van der Waals surface area contributed by atoms with Crippen LogP contribution in [-0.2, 0) is 9.53 Å². The van der Waals surface area contributed by atoms with Crippen LogP contribution in [0.4, 0.5) is 4.79 Å². The Labute approximate surface area is 150 Å². The topological polar surface area (TPSA) is 76.7 Å². The van der Waals surface area contributed by atoms with Crippen LogP contribution >= 0.6 is 0 Å². The molecule has 0 fully saturated rings. The third-order valence-corrected chi connectivity index (χ3v) is 3.44. The molecule has 0 saturated carbocycles. The van der Waals surface area contributed by atoms with Crippen LogP contribution < -0.4 is 15.4 Å². The molecular formula is C19H30N2O4. The van der Waals surface area contributed by atoms with Gasteiger partial charge in [0.15, 0.2) is 0 Å². The molecule has 1 rings (SSSR count). The van der Waals surface area contributed by atoms with Gasteiger partial charge in [0.25, 0.3) is 0 Å². The molecule has 0 aliphatic rings. The maximum absolute atomic E-state index is 12.4. The third kappa shape index (κ3) is 7.92. The highest BCUT2D eigenvalue weighted by Gasteiger charge is 2.26. The molecule has 1 aromatic carbocycles. The molecule has 0 aliphatic heterocycles. The molecule has 0 bridgehead atoms. The first-order valence-corrected chi connectivity index (χ1v) is 8.66. The van der Waals surface area contributed by atoms with Gasteiger partial charge in [-0.2, -0.15) is 0 Å². The number of benzene rings is 1. The highest BCUT2D eigenvalue weighted by atomic mass is 16.6. The number of hydrogen-bond acceptors (Lipinski definition) is 4. The minimum absolute atomic E-state index is 0.0652. The van der Waals surface area contributed by atoms with E-state index in [1.165, 1.54) is 0 Å². The minimum Gasteiger partial charge on any atom is -0.491 e. The lowest BCUT2D eigenvalue weighted by molar-refractivity contribution is -0.124.